The Morgan fingerprint density at radius 3 is 2.11 bits per heavy atom. The summed E-state index contributed by atoms with van der Waals surface area (Å²) < 4.78 is 25.9. The molecule has 0 unspecified atom stereocenters. The van der Waals surface area contributed by atoms with Crippen molar-refractivity contribution in [2.24, 2.45) is 0 Å². The Morgan fingerprint density at radius 1 is 1.00 bits per heavy atom. The zero-order chi connectivity index (χ0) is 20.5. The molecule has 1 aliphatic rings. The van der Waals surface area contributed by atoms with Crippen LogP contribution in [-0.2, 0) is 9.84 Å². The summed E-state index contributed by atoms with van der Waals surface area (Å²) in [5.41, 5.74) is 7.12. The Kier molecular flexibility index (Phi) is 5.90. The lowest BCUT2D eigenvalue weighted by atomic mass is 10.0. The van der Waals surface area contributed by atoms with Crippen molar-refractivity contribution in [2.45, 2.75) is 49.4 Å². The van der Waals surface area contributed by atoms with E-state index in [1.165, 1.54) is 6.20 Å². The van der Waals surface area contributed by atoms with Crippen LogP contribution >= 0.6 is 0 Å². The van der Waals surface area contributed by atoms with Gasteiger partial charge in [0.15, 0.2) is 0 Å². The highest BCUT2D eigenvalue weighted by molar-refractivity contribution is 7.91. The standard InChI is InChI=1S/C20H29N5O2S/c1-14(2)16-5-7-17(8-6-16)28(26,27)18-13-22-20(23-19(18)21)25-11-9-24(10-12-25)15(3)4/h5-8,13-15H,9-12H2,1-4H3,(H2,21,22,23). The van der Waals surface area contributed by atoms with E-state index >= 15 is 0 Å². The molecule has 2 aromatic rings. The van der Waals surface area contributed by atoms with Crippen LogP contribution in [0, 0.1) is 0 Å². The van der Waals surface area contributed by atoms with Crippen molar-refractivity contribution in [3.05, 3.63) is 36.0 Å². The van der Waals surface area contributed by atoms with Gasteiger partial charge < -0.3 is 10.6 Å². The van der Waals surface area contributed by atoms with Gasteiger partial charge in [-0.05, 0) is 37.5 Å². The molecule has 0 aliphatic carbocycles. The van der Waals surface area contributed by atoms with Crippen LogP contribution in [0.2, 0.25) is 0 Å². The number of rotatable bonds is 5. The van der Waals surface area contributed by atoms with Crippen LogP contribution in [0.15, 0.2) is 40.3 Å². The third-order valence-corrected chi connectivity index (χ3v) is 7.03. The van der Waals surface area contributed by atoms with Crippen LogP contribution in [0.1, 0.15) is 39.2 Å². The molecule has 2 N–H and O–H groups in total. The van der Waals surface area contributed by atoms with Gasteiger partial charge in [-0.2, -0.15) is 4.98 Å². The van der Waals surface area contributed by atoms with E-state index in [0.29, 0.717) is 17.9 Å². The molecule has 0 amide bonds. The minimum absolute atomic E-state index is 0.00998. The molecule has 0 atom stereocenters. The average molecular weight is 404 g/mol. The lowest BCUT2D eigenvalue weighted by Crippen LogP contribution is -2.49. The van der Waals surface area contributed by atoms with E-state index in [1.807, 2.05) is 17.0 Å². The Morgan fingerprint density at radius 2 is 1.61 bits per heavy atom. The summed E-state index contributed by atoms with van der Waals surface area (Å²) in [4.78, 5) is 13.2. The van der Waals surface area contributed by atoms with Gasteiger partial charge in [0.1, 0.15) is 10.7 Å². The Hall–Kier alpha value is -2.19. The molecule has 0 bridgehead atoms. The predicted molar refractivity (Wildman–Crippen MR) is 111 cm³/mol. The van der Waals surface area contributed by atoms with Crippen molar-refractivity contribution in [2.75, 3.05) is 36.8 Å². The number of nitrogens with two attached hydrogens (primary N) is 1. The van der Waals surface area contributed by atoms with E-state index in [2.05, 4.69) is 42.6 Å². The van der Waals surface area contributed by atoms with Crippen LogP contribution in [0.3, 0.4) is 0 Å². The fourth-order valence-electron chi connectivity index (χ4n) is 3.33. The second-order valence-electron chi connectivity index (χ2n) is 7.76. The average Bonchev–Trinajstić information content (AvgIpc) is 2.67. The number of piperazine rings is 1. The molecule has 0 saturated carbocycles. The smallest absolute Gasteiger partial charge is 0.227 e. The van der Waals surface area contributed by atoms with Crippen LogP contribution < -0.4 is 10.6 Å². The number of hydrogen-bond acceptors (Lipinski definition) is 7. The van der Waals surface area contributed by atoms with Crippen molar-refractivity contribution >= 4 is 21.6 Å². The first kappa shape index (κ1) is 20.5. The maximum atomic E-state index is 13.0. The zero-order valence-electron chi connectivity index (χ0n) is 17.0. The van der Waals surface area contributed by atoms with Crippen molar-refractivity contribution in [1.82, 2.24) is 14.9 Å². The van der Waals surface area contributed by atoms with E-state index in [9.17, 15) is 8.42 Å². The fraction of sp³-hybridized carbons (Fsp3) is 0.500. The second-order valence-corrected chi connectivity index (χ2v) is 9.68. The highest BCUT2D eigenvalue weighted by Crippen LogP contribution is 2.27. The van der Waals surface area contributed by atoms with Gasteiger partial charge in [0.2, 0.25) is 15.8 Å². The summed E-state index contributed by atoms with van der Waals surface area (Å²) in [6.07, 6.45) is 1.33. The first-order valence-corrected chi connectivity index (χ1v) is 11.1. The Labute approximate surface area is 167 Å². The van der Waals surface area contributed by atoms with Crippen molar-refractivity contribution in [3.8, 4) is 0 Å². The summed E-state index contributed by atoms with van der Waals surface area (Å²) in [7, 11) is -3.76. The molecule has 8 heteroatoms. The molecule has 1 fully saturated rings. The molecule has 3 rings (SSSR count). The fourth-order valence-corrected chi connectivity index (χ4v) is 4.59. The normalized spacial score (nSPS) is 16.1. The molecular weight excluding hydrogens is 374 g/mol. The van der Waals surface area contributed by atoms with Crippen LogP contribution in [0.4, 0.5) is 11.8 Å². The van der Waals surface area contributed by atoms with Crippen LogP contribution in [0.5, 0.6) is 0 Å². The maximum Gasteiger partial charge on any atom is 0.227 e. The van der Waals surface area contributed by atoms with Gasteiger partial charge in [0.25, 0.3) is 0 Å². The number of sulfone groups is 1. The largest absolute Gasteiger partial charge is 0.382 e. The molecule has 28 heavy (non-hydrogen) atoms. The molecule has 2 heterocycles. The molecule has 7 nitrogen and oxygen atoms in total. The lowest BCUT2D eigenvalue weighted by Gasteiger charge is -2.36. The Bertz CT molecular complexity index is 918. The van der Waals surface area contributed by atoms with Crippen molar-refractivity contribution in [3.63, 3.8) is 0 Å². The quantitative estimate of drug-likeness (QED) is 0.820. The maximum absolute atomic E-state index is 13.0. The van der Waals surface area contributed by atoms with E-state index in [0.717, 1.165) is 31.7 Å². The van der Waals surface area contributed by atoms with Crippen molar-refractivity contribution < 1.29 is 8.42 Å². The molecular formula is C20H29N5O2S. The van der Waals surface area contributed by atoms with Gasteiger partial charge in [0.05, 0.1) is 11.1 Å². The van der Waals surface area contributed by atoms with E-state index in [-0.39, 0.29) is 15.6 Å². The summed E-state index contributed by atoms with van der Waals surface area (Å²) in [5, 5.41) is 0. The van der Waals surface area contributed by atoms with Gasteiger partial charge in [0, 0.05) is 32.2 Å². The molecule has 0 spiro atoms. The van der Waals surface area contributed by atoms with E-state index in [4.69, 9.17) is 5.73 Å². The molecule has 1 aromatic carbocycles. The molecule has 0 radical (unpaired) electrons. The van der Waals surface area contributed by atoms with E-state index in [1.54, 1.807) is 12.1 Å². The summed E-state index contributed by atoms with van der Waals surface area (Å²) >= 11 is 0. The minimum atomic E-state index is -3.76. The first-order chi connectivity index (χ1) is 13.2. The van der Waals surface area contributed by atoms with Gasteiger partial charge in [-0.25, -0.2) is 13.4 Å². The number of benzene rings is 1. The van der Waals surface area contributed by atoms with Crippen LogP contribution in [0.25, 0.3) is 0 Å². The highest BCUT2D eigenvalue weighted by Gasteiger charge is 2.25. The number of hydrogen-bond donors (Lipinski definition) is 1. The SMILES string of the molecule is CC(C)c1ccc(S(=O)(=O)c2cnc(N3CCN(C(C)C)CC3)nc2N)cc1. The van der Waals surface area contributed by atoms with Crippen molar-refractivity contribution in [1.29, 1.82) is 0 Å². The van der Waals surface area contributed by atoms with Gasteiger partial charge in [-0.15, -0.1) is 0 Å². The number of nitrogen functional groups attached to an aromatic ring is 1. The molecule has 1 aromatic heterocycles. The molecule has 1 aliphatic heterocycles. The second kappa shape index (κ2) is 8.05. The summed E-state index contributed by atoms with van der Waals surface area (Å²) in [5.74, 6) is 0.805. The zero-order valence-corrected chi connectivity index (χ0v) is 17.8. The van der Waals surface area contributed by atoms with Gasteiger partial charge in [-0.3, -0.25) is 4.90 Å². The lowest BCUT2D eigenvalue weighted by molar-refractivity contribution is 0.208. The molecule has 1 saturated heterocycles. The third kappa shape index (κ3) is 4.12. The minimum Gasteiger partial charge on any atom is -0.382 e. The summed E-state index contributed by atoms with van der Waals surface area (Å²) in [6.45, 7) is 11.9. The van der Waals surface area contributed by atoms with E-state index < -0.39 is 9.84 Å². The topological polar surface area (TPSA) is 92.4 Å². The van der Waals surface area contributed by atoms with Crippen LogP contribution in [-0.4, -0.2) is 55.5 Å². The number of aromatic nitrogens is 2. The first-order valence-electron chi connectivity index (χ1n) is 9.66. The number of anilines is 2. The monoisotopic (exact) mass is 403 g/mol. The Balaban J connectivity index is 1.82. The molecule has 152 valence electrons. The van der Waals surface area contributed by atoms with Gasteiger partial charge in [-0.1, -0.05) is 26.0 Å². The van der Waals surface area contributed by atoms with Gasteiger partial charge >= 0.3 is 0 Å². The highest BCUT2D eigenvalue weighted by atomic mass is 32.2. The number of nitrogens with zero attached hydrogens (tertiary/aromatic N) is 4. The predicted octanol–water partition coefficient (Wildman–Crippen LogP) is 2.55. The third-order valence-electron chi connectivity index (χ3n) is 5.24. The summed E-state index contributed by atoms with van der Waals surface area (Å²) in [6, 6.07) is 7.39.